The average molecular weight is 766 g/mol. The highest BCUT2D eigenvalue weighted by Gasteiger charge is 2.23. The van der Waals surface area contributed by atoms with E-state index in [0.717, 1.165) is 61.4 Å². The van der Waals surface area contributed by atoms with E-state index in [1.165, 1.54) is 44.0 Å². The van der Waals surface area contributed by atoms with Gasteiger partial charge >= 0.3 is 0 Å². The quantitative estimate of drug-likeness (QED) is 0.143. The molecule has 0 aliphatic rings. The van der Waals surface area contributed by atoms with Gasteiger partial charge in [-0.05, 0) is 97.6 Å². The van der Waals surface area contributed by atoms with Crippen LogP contribution in [-0.4, -0.2) is 0 Å². The normalized spacial score (nSPS) is 11.3. The average Bonchev–Trinajstić information content (AvgIpc) is 3.75. The molecule has 10 aromatic carbocycles. The van der Waals surface area contributed by atoms with Gasteiger partial charge in [0.1, 0.15) is 11.3 Å². The van der Waals surface area contributed by atoms with Gasteiger partial charge in [0.25, 0.3) is 0 Å². The van der Waals surface area contributed by atoms with Crippen molar-refractivity contribution in [1.29, 1.82) is 0 Å². The Morgan fingerprint density at radius 3 is 1.35 bits per heavy atom. The summed E-state index contributed by atoms with van der Waals surface area (Å²) in [5.74, 6) is 0.892. The Morgan fingerprint density at radius 2 is 0.733 bits per heavy atom. The summed E-state index contributed by atoms with van der Waals surface area (Å²) in [5.41, 5.74) is 14.7. The maximum absolute atomic E-state index is 6.93. The lowest BCUT2D eigenvalue weighted by Crippen LogP contribution is -2.09. The van der Waals surface area contributed by atoms with Gasteiger partial charge < -0.3 is 9.32 Å². The number of benzene rings is 10. The number of anilines is 3. The lowest BCUT2D eigenvalue weighted by atomic mass is 9.91. The van der Waals surface area contributed by atoms with E-state index in [-0.39, 0.29) is 0 Å². The minimum absolute atomic E-state index is 0.892. The zero-order valence-electron chi connectivity index (χ0n) is 32.9. The van der Waals surface area contributed by atoms with Crippen molar-refractivity contribution in [2.45, 2.75) is 0 Å². The molecule has 2 nitrogen and oxygen atoms in total. The Bertz CT molecular complexity index is 3260. The van der Waals surface area contributed by atoms with Crippen LogP contribution in [0.25, 0.3) is 88.3 Å². The van der Waals surface area contributed by atoms with Crippen molar-refractivity contribution in [3.63, 3.8) is 0 Å². The predicted octanol–water partition coefficient (Wildman–Crippen LogP) is 16.5. The minimum Gasteiger partial charge on any atom is -0.455 e. The van der Waals surface area contributed by atoms with Crippen LogP contribution in [0.15, 0.2) is 241 Å². The molecule has 0 amide bonds. The third-order valence-electron chi connectivity index (χ3n) is 11.7. The van der Waals surface area contributed by atoms with Crippen molar-refractivity contribution in [3.8, 4) is 55.8 Å². The molecular formula is C58H39NO. The van der Waals surface area contributed by atoms with Crippen molar-refractivity contribution < 1.29 is 4.42 Å². The van der Waals surface area contributed by atoms with Crippen LogP contribution in [0.2, 0.25) is 0 Å². The van der Waals surface area contributed by atoms with Crippen molar-refractivity contribution in [2.75, 3.05) is 4.90 Å². The number of fused-ring (bicyclic) bond motifs is 6. The smallest absolute Gasteiger partial charge is 0.143 e. The second kappa shape index (κ2) is 15.1. The topological polar surface area (TPSA) is 16.4 Å². The van der Waals surface area contributed by atoms with E-state index < -0.39 is 0 Å². The number of hydrogen-bond acceptors (Lipinski definition) is 2. The summed E-state index contributed by atoms with van der Waals surface area (Å²) in [6.07, 6.45) is 0. The molecule has 0 unspecified atom stereocenters. The molecule has 60 heavy (non-hydrogen) atoms. The van der Waals surface area contributed by atoms with Crippen LogP contribution < -0.4 is 4.90 Å². The van der Waals surface area contributed by atoms with Gasteiger partial charge in [0.15, 0.2) is 0 Å². The van der Waals surface area contributed by atoms with Crippen molar-refractivity contribution in [1.82, 2.24) is 0 Å². The van der Waals surface area contributed by atoms with E-state index in [1.807, 2.05) is 0 Å². The van der Waals surface area contributed by atoms with Gasteiger partial charge in [-0.3, -0.25) is 0 Å². The SMILES string of the molecule is c1ccc(-c2ccccc2-c2ccc(N(c3ccccc3)c3ccc(-c4ccc5c(c4)c4ccccc4c4oc(-c6ccccc6)c(-c6ccccc6)c54)cc3)cc2)cc1. The maximum Gasteiger partial charge on any atom is 0.143 e. The van der Waals surface area contributed by atoms with Crippen LogP contribution in [0.3, 0.4) is 0 Å². The maximum atomic E-state index is 6.93. The number of rotatable bonds is 8. The molecule has 282 valence electrons. The van der Waals surface area contributed by atoms with Crippen LogP contribution in [0.1, 0.15) is 0 Å². The summed E-state index contributed by atoms with van der Waals surface area (Å²) >= 11 is 0. The van der Waals surface area contributed by atoms with Gasteiger partial charge in [-0.25, -0.2) is 0 Å². The second-order valence-electron chi connectivity index (χ2n) is 15.2. The fraction of sp³-hybridized carbons (Fsp3) is 0. The van der Waals surface area contributed by atoms with Gasteiger partial charge in [0.05, 0.1) is 0 Å². The van der Waals surface area contributed by atoms with Crippen LogP contribution in [0.5, 0.6) is 0 Å². The fourth-order valence-corrected chi connectivity index (χ4v) is 8.85. The first kappa shape index (κ1) is 35.2. The molecule has 11 rings (SSSR count). The molecule has 0 aliphatic carbocycles. The number of nitrogens with zero attached hydrogens (tertiary/aromatic N) is 1. The first-order valence-electron chi connectivity index (χ1n) is 20.5. The number of hydrogen-bond donors (Lipinski definition) is 0. The third-order valence-corrected chi connectivity index (χ3v) is 11.7. The Hall–Kier alpha value is -7.94. The van der Waals surface area contributed by atoms with Crippen molar-refractivity contribution >= 4 is 49.6 Å². The largest absolute Gasteiger partial charge is 0.455 e. The minimum atomic E-state index is 0.892. The summed E-state index contributed by atoms with van der Waals surface area (Å²) in [7, 11) is 0. The molecule has 0 aliphatic heterocycles. The van der Waals surface area contributed by atoms with Crippen LogP contribution in [0, 0.1) is 0 Å². The zero-order chi connectivity index (χ0) is 39.8. The van der Waals surface area contributed by atoms with Gasteiger partial charge in [0, 0.05) is 39.0 Å². The summed E-state index contributed by atoms with van der Waals surface area (Å²) in [6, 6.07) is 84.5. The summed E-state index contributed by atoms with van der Waals surface area (Å²) in [4.78, 5) is 2.33. The summed E-state index contributed by atoms with van der Waals surface area (Å²) in [5, 5.41) is 5.82. The summed E-state index contributed by atoms with van der Waals surface area (Å²) in [6.45, 7) is 0. The highest BCUT2D eigenvalue weighted by atomic mass is 16.3. The van der Waals surface area contributed by atoms with E-state index in [1.54, 1.807) is 0 Å². The second-order valence-corrected chi connectivity index (χ2v) is 15.2. The van der Waals surface area contributed by atoms with Gasteiger partial charge in [0.2, 0.25) is 0 Å². The Balaban J connectivity index is 1.00. The van der Waals surface area contributed by atoms with Crippen molar-refractivity contribution in [3.05, 3.63) is 237 Å². The monoisotopic (exact) mass is 765 g/mol. The molecule has 0 saturated heterocycles. The molecule has 1 heterocycles. The van der Waals surface area contributed by atoms with E-state index in [4.69, 9.17) is 4.42 Å². The Morgan fingerprint density at radius 1 is 0.283 bits per heavy atom. The van der Waals surface area contributed by atoms with Crippen molar-refractivity contribution in [2.24, 2.45) is 0 Å². The molecule has 2 heteroatoms. The fourth-order valence-electron chi connectivity index (χ4n) is 8.85. The first-order chi connectivity index (χ1) is 29.8. The van der Waals surface area contributed by atoms with Crippen LogP contribution in [-0.2, 0) is 0 Å². The highest BCUT2D eigenvalue weighted by Crippen LogP contribution is 2.48. The van der Waals surface area contributed by atoms with Gasteiger partial charge in [-0.2, -0.15) is 0 Å². The van der Waals surface area contributed by atoms with Gasteiger partial charge in [-0.15, -0.1) is 0 Å². The van der Waals surface area contributed by atoms with E-state index in [9.17, 15) is 0 Å². The molecule has 1 aromatic heterocycles. The number of furan rings is 1. The van der Waals surface area contributed by atoms with Crippen LogP contribution >= 0.6 is 0 Å². The molecule has 0 radical (unpaired) electrons. The van der Waals surface area contributed by atoms with E-state index >= 15 is 0 Å². The molecule has 0 spiro atoms. The van der Waals surface area contributed by atoms with Gasteiger partial charge in [-0.1, -0.05) is 194 Å². The lowest BCUT2D eigenvalue weighted by Gasteiger charge is -2.26. The molecule has 0 atom stereocenters. The van der Waals surface area contributed by atoms with Crippen LogP contribution in [0.4, 0.5) is 17.1 Å². The molecule has 0 N–H and O–H groups in total. The molecule has 0 fully saturated rings. The Kier molecular flexibility index (Phi) is 8.87. The van der Waals surface area contributed by atoms with E-state index in [2.05, 4.69) is 241 Å². The molecule has 0 saturated carbocycles. The third kappa shape index (κ3) is 6.23. The molecule has 0 bridgehead atoms. The Labute approximate surface area is 349 Å². The first-order valence-corrected chi connectivity index (χ1v) is 20.5. The zero-order valence-corrected chi connectivity index (χ0v) is 32.9. The highest BCUT2D eigenvalue weighted by molar-refractivity contribution is 6.29. The molecular weight excluding hydrogens is 727 g/mol. The summed E-state index contributed by atoms with van der Waals surface area (Å²) < 4.78 is 6.93. The standard InChI is InChI=1S/C58H39NO/c1-5-17-41(18-6-1)49-25-13-14-26-50(49)42-31-36-48(37-32-42)59(46-23-11-4-12-24-46)47-34-29-40(30-35-47)45-33-38-52-54(39-45)51-27-15-16-28-53(51)58-56(52)55(43-19-7-2-8-20-43)57(60-58)44-21-9-3-10-22-44/h1-39H. The number of para-hydroxylation sites is 1. The predicted molar refractivity (Wildman–Crippen MR) is 253 cm³/mol. The lowest BCUT2D eigenvalue weighted by molar-refractivity contribution is 0.636. The molecule has 11 aromatic rings. The van der Waals surface area contributed by atoms with E-state index in [0.29, 0.717) is 0 Å².